The van der Waals surface area contributed by atoms with Crippen molar-refractivity contribution in [2.24, 2.45) is 0 Å². The van der Waals surface area contributed by atoms with Crippen molar-refractivity contribution in [3.63, 3.8) is 0 Å². The standard InChI is InChI=1S/C15H13ClN2O/c1-19-13-5-2-4-11(9-13)8-12-10-18-14(16)6-3-7-15(18)17-12/h2-7,9-10H,8H2,1H3. The Kier molecular flexibility index (Phi) is 3.13. The highest BCUT2D eigenvalue weighted by atomic mass is 35.5. The van der Waals surface area contributed by atoms with Crippen molar-refractivity contribution in [1.29, 1.82) is 0 Å². The summed E-state index contributed by atoms with van der Waals surface area (Å²) in [7, 11) is 1.67. The van der Waals surface area contributed by atoms with Crippen molar-refractivity contribution in [3.05, 3.63) is 65.1 Å². The molecule has 2 aromatic heterocycles. The molecule has 0 saturated carbocycles. The first-order chi connectivity index (χ1) is 9.26. The van der Waals surface area contributed by atoms with E-state index >= 15 is 0 Å². The predicted molar refractivity (Wildman–Crippen MR) is 76.0 cm³/mol. The van der Waals surface area contributed by atoms with E-state index in [1.807, 2.05) is 47.0 Å². The van der Waals surface area contributed by atoms with Crippen LogP contribution in [0, 0.1) is 0 Å². The Bertz CT molecular complexity index is 721. The fourth-order valence-corrected chi connectivity index (χ4v) is 2.31. The maximum Gasteiger partial charge on any atom is 0.138 e. The number of pyridine rings is 1. The van der Waals surface area contributed by atoms with Gasteiger partial charge in [0.25, 0.3) is 0 Å². The molecule has 1 aromatic carbocycles. The number of imidazole rings is 1. The minimum atomic E-state index is 0.668. The quantitative estimate of drug-likeness (QED) is 0.681. The number of hydrogen-bond acceptors (Lipinski definition) is 2. The van der Waals surface area contributed by atoms with E-state index in [0.29, 0.717) is 5.15 Å². The number of halogens is 1. The largest absolute Gasteiger partial charge is 0.497 e. The van der Waals surface area contributed by atoms with Crippen molar-refractivity contribution < 1.29 is 4.74 Å². The van der Waals surface area contributed by atoms with Crippen LogP contribution in [0.5, 0.6) is 5.75 Å². The third-order valence-electron chi connectivity index (χ3n) is 3.01. The van der Waals surface area contributed by atoms with Crippen LogP contribution in [-0.4, -0.2) is 16.5 Å². The SMILES string of the molecule is COc1cccc(Cc2cn3c(Cl)cccc3n2)c1. The highest BCUT2D eigenvalue weighted by Gasteiger charge is 2.05. The Labute approximate surface area is 116 Å². The van der Waals surface area contributed by atoms with Gasteiger partial charge in [-0.1, -0.05) is 29.8 Å². The van der Waals surface area contributed by atoms with Crippen LogP contribution in [-0.2, 0) is 6.42 Å². The first kappa shape index (κ1) is 12.1. The van der Waals surface area contributed by atoms with Gasteiger partial charge in [0.1, 0.15) is 16.5 Å². The molecule has 0 aliphatic heterocycles. The van der Waals surface area contributed by atoms with Gasteiger partial charge < -0.3 is 4.74 Å². The molecule has 0 amide bonds. The molecule has 0 fully saturated rings. The molecule has 3 aromatic rings. The average Bonchev–Trinajstić information content (AvgIpc) is 2.83. The molecule has 19 heavy (non-hydrogen) atoms. The van der Waals surface area contributed by atoms with Gasteiger partial charge in [0.2, 0.25) is 0 Å². The topological polar surface area (TPSA) is 26.5 Å². The number of nitrogens with zero attached hydrogens (tertiary/aromatic N) is 2. The molecule has 0 saturated heterocycles. The Morgan fingerprint density at radius 1 is 1.21 bits per heavy atom. The van der Waals surface area contributed by atoms with Crippen molar-refractivity contribution >= 4 is 17.2 Å². The molecule has 3 rings (SSSR count). The molecule has 0 aliphatic rings. The summed E-state index contributed by atoms with van der Waals surface area (Å²) in [6, 6.07) is 13.7. The average molecular weight is 273 g/mol. The fourth-order valence-electron chi connectivity index (χ4n) is 2.10. The summed E-state index contributed by atoms with van der Waals surface area (Å²) < 4.78 is 7.11. The zero-order chi connectivity index (χ0) is 13.2. The molecule has 0 unspecified atom stereocenters. The number of aromatic nitrogens is 2. The maximum atomic E-state index is 6.12. The first-order valence-electron chi connectivity index (χ1n) is 6.02. The zero-order valence-electron chi connectivity index (χ0n) is 10.5. The summed E-state index contributed by atoms with van der Waals surface area (Å²) in [5.41, 5.74) is 3.02. The lowest BCUT2D eigenvalue weighted by Gasteiger charge is -2.02. The van der Waals surface area contributed by atoms with Crippen LogP contribution < -0.4 is 4.74 Å². The highest BCUT2D eigenvalue weighted by molar-refractivity contribution is 6.29. The van der Waals surface area contributed by atoms with E-state index in [1.54, 1.807) is 7.11 Å². The van der Waals surface area contributed by atoms with Gasteiger partial charge in [-0.2, -0.15) is 0 Å². The van der Waals surface area contributed by atoms with Crippen LogP contribution in [0.25, 0.3) is 5.65 Å². The van der Waals surface area contributed by atoms with E-state index in [2.05, 4.69) is 11.1 Å². The second kappa shape index (κ2) is 4.94. The summed E-state index contributed by atoms with van der Waals surface area (Å²) in [6.45, 7) is 0. The summed E-state index contributed by atoms with van der Waals surface area (Å²) in [6.07, 6.45) is 2.73. The summed E-state index contributed by atoms with van der Waals surface area (Å²) in [5.74, 6) is 0.860. The van der Waals surface area contributed by atoms with Gasteiger partial charge in [-0.25, -0.2) is 4.98 Å². The number of hydrogen-bond donors (Lipinski definition) is 0. The summed E-state index contributed by atoms with van der Waals surface area (Å²) >= 11 is 6.12. The third-order valence-corrected chi connectivity index (χ3v) is 3.32. The molecule has 0 N–H and O–H groups in total. The molecule has 4 heteroatoms. The van der Waals surface area contributed by atoms with Crippen LogP contribution in [0.2, 0.25) is 5.15 Å². The lowest BCUT2D eigenvalue weighted by Crippen LogP contribution is -1.89. The third kappa shape index (κ3) is 2.42. The Hall–Kier alpha value is -2.00. The molecule has 3 nitrogen and oxygen atoms in total. The van der Waals surface area contributed by atoms with E-state index in [-0.39, 0.29) is 0 Å². The molecule has 0 radical (unpaired) electrons. The molecular weight excluding hydrogens is 260 g/mol. The van der Waals surface area contributed by atoms with Gasteiger partial charge in [0.15, 0.2) is 0 Å². The first-order valence-corrected chi connectivity index (χ1v) is 6.39. The van der Waals surface area contributed by atoms with Gasteiger partial charge in [-0.15, -0.1) is 0 Å². The Morgan fingerprint density at radius 3 is 2.84 bits per heavy atom. The van der Waals surface area contributed by atoms with Crippen molar-refractivity contribution in [1.82, 2.24) is 9.38 Å². The highest BCUT2D eigenvalue weighted by Crippen LogP contribution is 2.18. The lowest BCUT2D eigenvalue weighted by atomic mass is 10.1. The summed E-state index contributed by atoms with van der Waals surface area (Å²) in [5, 5.41) is 0.668. The molecule has 96 valence electrons. The number of rotatable bonds is 3. The van der Waals surface area contributed by atoms with E-state index < -0.39 is 0 Å². The summed E-state index contributed by atoms with van der Waals surface area (Å²) in [4.78, 5) is 4.56. The van der Waals surface area contributed by atoms with Gasteiger partial charge in [0.05, 0.1) is 12.8 Å². The second-order valence-electron chi connectivity index (χ2n) is 4.34. The van der Waals surface area contributed by atoms with Crippen LogP contribution >= 0.6 is 11.6 Å². The smallest absolute Gasteiger partial charge is 0.138 e. The maximum absolute atomic E-state index is 6.12. The molecule has 0 spiro atoms. The van der Waals surface area contributed by atoms with E-state index in [9.17, 15) is 0 Å². The number of methoxy groups -OCH3 is 1. The monoisotopic (exact) mass is 272 g/mol. The Balaban J connectivity index is 1.94. The number of fused-ring (bicyclic) bond motifs is 1. The van der Waals surface area contributed by atoms with Crippen LogP contribution in [0.4, 0.5) is 0 Å². The van der Waals surface area contributed by atoms with E-state index in [1.165, 1.54) is 5.56 Å². The molecule has 2 heterocycles. The second-order valence-corrected chi connectivity index (χ2v) is 4.72. The molecule has 0 bridgehead atoms. The predicted octanol–water partition coefficient (Wildman–Crippen LogP) is 3.59. The number of benzene rings is 1. The molecule has 0 aliphatic carbocycles. The molecule has 0 atom stereocenters. The van der Waals surface area contributed by atoms with Gasteiger partial charge >= 0.3 is 0 Å². The van der Waals surface area contributed by atoms with Crippen molar-refractivity contribution in [2.75, 3.05) is 7.11 Å². The number of ether oxygens (including phenoxy) is 1. The van der Waals surface area contributed by atoms with Crippen LogP contribution in [0.3, 0.4) is 0 Å². The van der Waals surface area contributed by atoms with Gasteiger partial charge in [-0.3, -0.25) is 4.40 Å². The minimum absolute atomic E-state index is 0.668. The van der Waals surface area contributed by atoms with Crippen molar-refractivity contribution in [3.8, 4) is 5.75 Å². The minimum Gasteiger partial charge on any atom is -0.497 e. The van der Waals surface area contributed by atoms with Gasteiger partial charge in [-0.05, 0) is 29.8 Å². The van der Waals surface area contributed by atoms with Crippen molar-refractivity contribution in [2.45, 2.75) is 6.42 Å². The molecular formula is C15H13ClN2O. The van der Waals surface area contributed by atoms with Crippen LogP contribution in [0.1, 0.15) is 11.3 Å². The van der Waals surface area contributed by atoms with Crippen LogP contribution in [0.15, 0.2) is 48.7 Å². The fraction of sp³-hybridized carbons (Fsp3) is 0.133. The van der Waals surface area contributed by atoms with Gasteiger partial charge in [0, 0.05) is 12.6 Å². The zero-order valence-corrected chi connectivity index (χ0v) is 11.3. The van der Waals surface area contributed by atoms with E-state index in [4.69, 9.17) is 16.3 Å². The normalized spacial score (nSPS) is 10.8. The van der Waals surface area contributed by atoms with E-state index in [0.717, 1.165) is 23.5 Å². The lowest BCUT2D eigenvalue weighted by molar-refractivity contribution is 0.414. The Morgan fingerprint density at radius 2 is 2.05 bits per heavy atom.